The Morgan fingerprint density at radius 1 is 1.16 bits per heavy atom. The van der Waals surface area contributed by atoms with Gasteiger partial charge >= 0.3 is 0 Å². The number of aryl methyl sites for hydroxylation is 1. The van der Waals surface area contributed by atoms with Crippen LogP contribution in [0.1, 0.15) is 18.2 Å². The highest BCUT2D eigenvalue weighted by Gasteiger charge is 2.07. The number of aromatic nitrogens is 2. The van der Waals surface area contributed by atoms with E-state index in [1.165, 1.54) is 0 Å². The van der Waals surface area contributed by atoms with Gasteiger partial charge in [0.05, 0.1) is 13.5 Å². The fourth-order valence-corrected chi connectivity index (χ4v) is 2.38. The lowest BCUT2D eigenvalue weighted by molar-refractivity contribution is -0.120. The molecule has 0 aliphatic carbocycles. The Labute approximate surface area is 148 Å². The maximum absolute atomic E-state index is 12.0. The molecule has 2 aromatic rings. The molecule has 1 aromatic carbocycles. The van der Waals surface area contributed by atoms with Crippen molar-refractivity contribution in [2.24, 2.45) is 0 Å². The van der Waals surface area contributed by atoms with Gasteiger partial charge in [-0.05, 0) is 19.9 Å². The molecule has 1 aromatic heterocycles. The summed E-state index contributed by atoms with van der Waals surface area (Å²) in [6.07, 6.45) is 0.287. The Morgan fingerprint density at radius 3 is 2.72 bits per heavy atom. The number of para-hydroxylation sites is 1. The first-order chi connectivity index (χ1) is 12.1. The maximum atomic E-state index is 12.0. The van der Waals surface area contributed by atoms with E-state index in [0.717, 1.165) is 29.4 Å². The van der Waals surface area contributed by atoms with Crippen LogP contribution in [0.3, 0.4) is 0 Å². The van der Waals surface area contributed by atoms with E-state index in [1.807, 2.05) is 44.2 Å². The van der Waals surface area contributed by atoms with Gasteiger partial charge in [-0.1, -0.05) is 18.2 Å². The Bertz CT molecular complexity index is 706. The molecule has 0 radical (unpaired) electrons. The molecule has 7 nitrogen and oxygen atoms in total. The number of rotatable bonds is 9. The Morgan fingerprint density at radius 2 is 1.96 bits per heavy atom. The minimum absolute atomic E-state index is 0.0511. The second-order valence-electron chi connectivity index (χ2n) is 5.51. The summed E-state index contributed by atoms with van der Waals surface area (Å²) in [5, 5.41) is 9.17. The molecular weight excluding hydrogens is 318 g/mol. The van der Waals surface area contributed by atoms with Crippen LogP contribution in [0.15, 0.2) is 30.3 Å². The summed E-state index contributed by atoms with van der Waals surface area (Å²) < 4.78 is 5.26. The standard InChI is InChI=1S/C18H25N5O2/c1-4-19-16-11-13(2)22-18(23-16)21-10-9-20-17(24)12-14-7-5-6-8-15(14)25-3/h5-8,11H,4,9-10,12H2,1-3H3,(H,20,24)(H2,19,21,22,23). The normalized spacial score (nSPS) is 10.2. The van der Waals surface area contributed by atoms with E-state index < -0.39 is 0 Å². The number of ether oxygens (including phenoxy) is 1. The molecule has 0 unspecified atom stereocenters. The first kappa shape index (κ1) is 18.5. The van der Waals surface area contributed by atoms with E-state index in [2.05, 4.69) is 25.9 Å². The Kier molecular flexibility index (Phi) is 7.00. The van der Waals surface area contributed by atoms with Crippen molar-refractivity contribution in [2.75, 3.05) is 37.4 Å². The average Bonchev–Trinajstić information content (AvgIpc) is 2.59. The van der Waals surface area contributed by atoms with Crippen LogP contribution in [0.5, 0.6) is 5.75 Å². The molecule has 0 atom stereocenters. The molecule has 25 heavy (non-hydrogen) atoms. The van der Waals surface area contributed by atoms with Gasteiger partial charge in [0.1, 0.15) is 11.6 Å². The molecule has 0 saturated carbocycles. The van der Waals surface area contributed by atoms with Gasteiger partial charge in [-0.2, -0.15) is 4.98 Å². The van der Waals surface area contributed by atoms with E-state index in [4.69, 9.17) is 4.74 Å². The largest absolute Gasteiger partial charge is 0.496 e. The van der Waals surface area contributed by atoms with Gasteiger partial charge < -0.3 is 20.7 Å². The van der Waals surface area contributed by atoms with Crippen LogP contribution in [0.25, 0.3) is 0 Å². The number of hydrogen-bond donors (Lipinski definition) is 3. The summed E-state index contributed by atoms with van der Waals surface area (Å²) in [7, 11) is 1.60. The number of nitrogens with zero attached hydrogens (tertiary/aromatic N) is 2. The zero-order valence-corrected chi connectivity index (χ0v) is 14.9. The summed E-state index contributed by atoms with van der Waals surface area (Å²) >= 11 is 0. The quantitative estimate of drug-likeness (QED) is 0.604. The first-order valence-electron chi connectivity index (χ1n) is 8.34. The van der Waals surface area contributed by atoms with E-state index in [-0.39, 0.29) is 12.3 Å². The molecule has 0 aliphatic rings. The molecular formula is C18H25N5O2. The van der Waals surface area contributed by atoms with Crippen molar-refractivity contribution in [3.63, 3.8) is 0 Å². The molecule has 2 rings (SSSR count). The highest BCUT2D eigenvalue weighted by atomic mass is 16.5. The van der Waals surface area contributed by atoms with E-state index in [0.29, 0.717) is 19.0 Å². The highest BCUT2D eigenvalue weighted by molar-refractivity contribution is 5.79. The van der Waals surface area contributed by atoms with Crippen molar-refractivity contribution >= 4 is 17.7 Å². The van der Waals surface area contributed by atoms with Crippen molar-refractivity contribution in [1.82, 2.24) is 15.3 Å². The van der Waals surface area contributed by atoms with Crippen LogP contribution >= 0.6 is 0 Å². The maximum Gasteiger partial charge on any atom is 0.224 e. The molecule has 134 valence electrons. The smallest absolute Gasteiger partial charge is 0.224 e. The van der Waals surface area contributed by atoms with Crippen molar-refractivity contribution in [1.29, 1.82) is 0 Å². The zero-order chi connectivity index (χ0) is 18.1. The Hall–Kier alpha value is -2.83. The Balaban J connectivity index is 1.78. The highest BCUT2D eigenvalue weighted by Crippen LogP contribution is 2.17. The van der Waals surface area contributed by atoms with Gasteiger partial charge in [-0.15, -0.1) is 0 Å². The lowest BCUT2D eigenvalue weighted by atomic mass is 10.1. The van der Waals surface area contributed by atoms with Crippen molar-refractivity contribution < 1.29 is 9.53 Å². The molecule has 7 heteroatoms. The third-order valence-corrected chi connectivity index (χ3v) is 3.49. The average molecular weight is 343 g/mol. The second kappa shape index (κ2) is 9.46. The van der Waals surface area contributed by atoms with Crippen molar-refractivity contribution in [3.8, 4) is 5.75 Å². The fraction of sp³-hybridized carbons (Fsp3) is 0.389. The molecule has 0 aliphatic heterocycles. The van der Waals surface area contributed by atoms with Crippen molar-refractivity contribution in [3.05, 3.63) is 41.6 Å². The van der Waals surface area contributed by atoms with Crippen LogP contribution in [0.4, 0.5) is 11.8 Å². The molecule has 3 N–H and O–H groups in total. The van der Waals surface area contributed by atoms with Crippen LogP contribution < -0.4 is 20.7 Å². The predicted octanol–water partition coefficient (Wildman–Crippen LogP) is 2.00. The number of carbonyl (C=O) groups excluding carboxylic acids is 1. The molecule has 1 heterocycles. The minimum atomic E-state index is -0.0511. The number of hydrogen-bond acceptors (Lipinski definition) is 6. The van der Waals surface area contributed by atoms with Gasteiger partial charge in [0.2, 0.25) is 11.9 Å². The zero-order valence-electron chi connectivity index (χ0n) is 14.9. The van der Waals surface area contributed by atoms with Crippen LogP contribution in [-0.2, 0) is 11.2 Å². The molecule has 0 spiro atoms. The van der Waals surface area contributed by atoms with E-state index in [1.54, 1.807) is 7.11 Å². The lowest BCUT2D eigenvalue weighted by Crippen LogP contribution is -2.30. The molecule has 1 amide bonds. The number of anilines is 2. The third-order valence-electron chi connectivity index (χ3n) is 3.49. The van der Waals surface area contributed by atoms with Crippen LogP contribution in [0.2, 0.25) is 0 Å². The SMILES string of the molecule is CCNc1cc(C)nc(NCCNC(=O)Cc2ccccc2OC)n1. The fourth-order valence-electron chi connectivity index (χ4n) is 2.38. The number of nitrogens with one attached hydrogen (secondary N) is 3. The molecule has 0 fully saturated rings. The topological polar surface area (TPSA) is 88.2 Å². The molecule has 0 saturated heterocycles. The van der Waals surface area contributed by atoms with E-state index in [9.17, 15) is 4.79 Å². The lowest BCUT2D eigenvalue weighted by Gasteiger charge is -2.10. The van der Waals surface area contributed by atoms with Gasteiger partial charge in [-0.3, -0.25) is 4.79 Å². The number of methoxy groups -OCH3 is 1. The van der Waals surface area contributed by atoms with Gasteiger partial charge in [0, 0.05) is 37.0 Å². The van der Waals surface area contributed by atoms with Gasteiger partial charge in [0.15, 0.2) is 0 Å². The van der Waals surface area contributed by atoms with Gasteiger partial charge in [-0.25, -0.2) is 4.98 Å². The number of benzene rings is 1. The minimum Gasteiger partial charge on any atom is -0.496 e. The number of amides is 1. The third kappa shape index (κ3) is 5.95. The first-order valence-corrected chi connectivity index (χ1v) is 8.34. The predicted molar refractivity (Wildman–Crippen MR) is 99.1 cm³/mol. The number of carbonyl (C=O) groups is 1. The van der Waals surface area contributed by atoms with E-state index >= 15 is 0 Å². The molecule has 0 bridgehead atoms. The van der Waals surface area contributed by atoms with Gasteiger partial charge in [0.25, 0.3) is 0 Å². The second-order valence-corrected chi connectivity index (χ2v) is 5.51. The summed E-state index contributed by atoms with van der Waals surface area (Å²) in [6, 6.07) is 9.40. The summed E-state index contributed by atoms with van der Waals surface area (Å²) in [5.41, 5.74) is 1.75. The van der Waals surface area contributed by atoms with Crippen LogP contribution in [0, 0.1) is 6.92 Å². The summed E-state index contributed by atoms with van der Waals surface area (Å²) in [5.74, 6) is 2.01. The summed E-state index contributed by atoms with van der Waals surface area (Å²) in [4.78, 5) is 20.7. The van der Waals surface area contributed by atoms with Crippen LogP contribution in [-0.4, -0.2) is 42.6 Å². The van der Waals surface area contributed by atoms with Crippen molar-refractivity contribution in [2.45, 2.75) is 20.3 Å². The monoisotopic (exact) mass is 343 g/mol. The summed E-state index contributed by atoms with van der Waals surface area (Å²) in [6.45, 7) is 5.77.